The number of nitrogen functional groups attached to an aromatic ring is 1. The summed E-state index contributed by atoms with van der Waals surface area (Å²) in [6, 6.07) is 6.44. The van der Waals surface area contributed by atoms with Gasteiger partial charge in [-0.3, -0.25) is 4.79 Å². The Labute approximate surface area is 135 Å². The number of morpholine rings is 1. The van der Waals surface area contributed by atoms with Crippen LogP contribution >= 0.6 is 0 Å². The van der Waals surface area contributed by atoms with Crippen LogP contribution in [0.15, 0.2) is 24.3 Å². The average molecular weight is 321 g/mol. The molecule has 0 bridgehead atoms. The number of nitrogens with one attached hydrogen (secondary N) is 1. The van der Waals surface area contributed by atoms with Gasteiger partial charge >= 0.3 is 12.0 Å². The molecule has 0 radical (unpaired) electrons. The Kier molecular flexibility index (Phi) is 6.22. The monoisotopic (exact) mass is 321 g/mol. The Morgan fingerprint density at radius 3 is 2.57 bits per heavy atom. The number of urea groups is 1. The summed E-state index contributed by atoms with van der Waals surface area (Å²) in [6.07, 6.45) is 0.0772. The molecule has 0 spiro atoms. The van der Waals surface area contributed by atoms with Gasteiger partial charge in [-0.15, -0.1) is 0 Å². The van der Waals surface area contributed by atoms with Crippen LogP contribution < -0.4 is 11.1 Å². The summed E-state index contributed by atoms with van der Waals surface area (Å²) in [5.74, 6) is -0.350. The maximum atomic E-state index is 12.4. The zero-order chi connectivity index (χ0) is 16.7. The van der Waals surface area contributed by atoms with Crippen molar-refractivity contribution >= 4 is 17.7 Å². The number of esters is 1. The summed E-state index contributed by atoms with van der Waals surface area (Å²) in [5.41, 5.74) is 7.13. The lowest BCUT2D eigenvalue weighted by molar-refractivity contribution is -0.143. The number of amides is 2. The van der Waals surface area contributed by atoms with E-state index in [0.717, 1.165) is 5.56 Å². The van der Waals surface area contributed by atoms with Crippen LogP contribution in [0.2, 0.25) is 0 Å². The first-order chi connectivity index (χ1) is 11.1. The zero-order valence-electron chi connectivity index (χ0n) is 13.3. The summed E-state index contributed by atoms with van der Waals surface area (Å²) in [5, 5.41) is 2.90. The predicted molar refractivity (Wildman–Crippen MR) is 85.8 cm³/mol. The van der Waals surface area contributed by atoms with Gasteiger partial charge in [0, 0.05) is 18.8 Å². The second-order valence-corrected chi connectivity index (χ2v) is 5.28. The summed E-state index contributed by atoms with van der Waals surface area (Å²) in [4.78, 5) is 25.9. The molecule has 1 aromatic rings. The molecule has 1 atom stereocenters. The van der Waals surface area contributed by atoms with Crippen LogP contribution in [0.3, 0.4) is 0 Å². The average Bonchev–Trinajstić information content (AvgIpc) is 2.56. The lowest BCUT2D eigenvalue weighted by atomic mass is 10.0. The van der Waals surface area contributed by atoms with E-state index in [0.29, 0.717) is 38.6 Å². The van der Waals surface area contributed by atoms with E-state index < -0.39 is 6.04 Å². The van der Waals surface area contributed by atoms with Crippen molar-refractivity contribution in [1.82, 2.24) is 10.2 Å². The Morgan fingerprint density at radius 1 is 1.30 bits per heavy atom. The number of carbonyl (C=O) groups is 2. The smallest absolute Gasteiger partial charge is 0.318 e. The molecule has 1 aliphatic rings. The highest BCUT2D eigenvalue weighted by Crippen LogP contribution is 2.19. The summed E-state index contributed by atoms with van der Waals surface area (Å²) < 4.78 is 10.2. The summed E-state index contributed by atoms with van der Waals surface area (Å²) >= 11 is 0. The molecule has 1 heterocycles. The molecule has 0 unspecified atom stereocenters. The maximum absolute atomic E-state index is 12.4. The molecule has 126 valence electrons. The minimum Gasteiger partial charge on any atom is -0.466 e. The number of nitrogens with two attached hydrogens (primary N) is 1. The highest BCUT2D eigenvalue weighted by Gasteiger charge is 2.23. The van der Waals surface area contributed by atoms with Gasteiger partial charge in [0.25, 0.3) is 0 Å². The van der Waals surface area contributed by atoms with E-state index >= 15 is 0 Å². The van der Waals surface area contributed by atoms with E-state index in [1.807, 2.05) is 0 Å². The van der Waals surface area contributed by atoms with Crippen LogP contribution in [0, 0.1) is 0 Å². The van der Waals surface area contributed by atoms with Gasteiger partial charge in [-0.05, 0) is 24.6 Å². The van der Waals surface area contributed by atoms with Crippen molar-refractivity contribution in [3.63, 3.8) is 0 Å². The molecule has 1 aliphatic heterocycles. The third kappa shape index (κ3) is 5.14. The number of hydrogen-bond donors (Lipinski definition) is 2. The second kappa shape index (κ2) is 8.38. The highest BCUT2D eigenvalue weighted by molar-refractivity contribution is 5.77. The summed E-state index contributed by atoms with van der Waals surface area (Å²) in [7, 11) is 0. The number of ether oxygens (including phenoxy) is 2. The van der Waals surface area contributed by atoms with Gasteiger partial charge < -0.3 is 25.4 Å². The van der Waals surface area contributed by atoms with Gasteiger partial charge in [-0.1, -0.05) is 12.1 Å². The van der Waals surface area contributed by atoms with Gasteiger partial charge in [0.15, 0.2) is 0 Å². The largest absolute Gasteiger partial charge is 0.466 e. The van der Waals surface area contributed by atoms with Crippen molar-refractivity contribution in [2.24, 2.45) is 0 Å². The fourth-order valence-corrected chi connectivity index (χ4v) is 2.37. The molecule has 1 fully saturated rings. The molecule has 7 nitrogen and oxygen atoms in total. The third-order valence-electron chi connectivity index (χ3n) is 3.61. The van der Waals surface area contributed by atoms with E-state index in [1.54, 1.807) is 36.1 Å². The topological polar surface area (TPSA) is 93.9 Å². The molecule has 23 heavy (non-hydrogen) atoms. The number of hydrogen-bond acceptors (Lipinski definition) is 5. The van der Waals surface area contributed by atoms with Gasteiger partial charge in [0.05, 0.1) is 32.3 Å². The minimum absolute atomic E-state index is 0.0772. The van der Waals surface area contributed by atoms with Gasteiger partial charge in [-0.2, -0.15) is 0 Å². The van der Waals surface area contributed by atoms with E-state index in [4.69, 9.17) is 15.2 Å². The fraction of sp³-hybridized carbons (Fsp3) is 0.500. The van der Waals surface area contributed by atoms with Crippen molar-refractivity contribution in [2.75, 3.05) is 38.6 Å². The van der Waals surface area contributed by atoms with E-state index in [9.17, 15) is 9.59 Å². The molecule has 0 aliphatic carbocycles. The van der Waals surface area contributed by atoms with Crippen LogP contribution in [-0.4, -0.2) is 49.8 Å². The van der Waals surface area contributed by atoms with E-state index in [-0.39, 0.29) is 18.4 Å². The van der Waals surface area contributed by atoms with E-state index in [1.165, 1.54) is 0 Å². The lowest BCUT2D eigenvalue weighted by Crippen LogP contribution is -2.47. The molecule has 2 amide bonds. The van der Waals surface area contributed by atoms with Crippen LogP contribution in [0.25, 0.3) is 0 Å². The quantitative estimate of drug-likeness (QED) is 0.630. The van der Waals surface area contributed by atoms with Gasteiger partial charge in [-0.25, -0.2) is 4.79 Å². The van der Waals surface area contributed by atoms with Crippen LogP contribution in [0.1, 0.15) is 24.9 Å². The minimum atomic E-state index is -0.454. The normalized spacial score (nSPS) is 15.8. The number of carbonyl (C=O) groups excluding carboxylic acids is 2. The Hall–Kier alpha value is -2.28. The van der Waals surface area contributed by atoms with Crippen molar-refractivity contribution in [1.29, 1.82) is 0 Å². The molecule has 7 heteroatoms. The first-order valence-electron chi connectivity index (χ1n) is 7.74. The number of benzene rings is 1. The second-order valence-electron chi connectivity index (χ2n) is 5.28. The molecule has 2 rings (SSSR count). The number of nitrogens with zero attached hydrogens (tertiary/aromatic N) is 1. The molecule has 3 N–H and O–H groups in total. The van der Waals surface area contributed by atoms with E-state index in [2.05, 4.69) is 5.32 Å². The molecular formula is C16H23N3O4. The number of rotatable bonds is 5. The standard InChI is InChI=1S/C16H23N3O4/c1-2-23-15(20)11-14(12-3-5-13(17)6-4-12)18-16(21)19-7-9-22-10-8-19/h3-6,14H,2,7-11,17H2,1H3,(H,18,21)/t14-/m1/s1. The van der Waals surface area contributed by atoms with Crippen molar-refractivity contribution < 1.29 is 19.1 Å². The zero-order valence-corrected chi connectivity index (χ0v) is 13.3. The molecular weight excluding hydrogens is 298 g/mol. The molecule has 1 aromatic carbocycles. The van der Waals surface area contributed by atoms with Crippen molar-refractivity contribution in [3.8, 4) is 0 Å². The highest BCUT2D eigenvalue weighted by atomic mass is 16.5. The van der Waals surface area contributed by atoms with Crippen molar-refractivity contribution in [3.05, 3.63) is 29.8 Å². The van der Waals surface area contributed by atoms with Crippen LogP contribution in [-0.2, 0) is 14.3 Å². The Morgan fingerprint density at radius 2 is 1.96 bits per heavy atom. The van der Waals surface area contributed by atoms with Crippen LogP contribution in [0.4, 0.5) is 10.5 Å². The lowest BCUT2D eigenvalue weighted by Gasteiger charge is -2.29. The van der Waals surface area contributed by atoms with Gasteiger partial charge in [0.2, 0.25) is 0 Å². The third-order valence-corrected chi connectivity index (χ3v) is 3.61. The SMILES string of the molecule is CCOC(=O)C[C@@H](NC(=O)N1CCOCC1)c1ccc(N)cc1. The maximum Gasteiger partial charge on any atom is 0.318 e. The molecule has 1 saturated heterocycles. The first kappa shape index (κ1) is 17.1. The summed E-state index contributed by atoms with van der Waals surface area (Å²) in [6.45, 7) is 4.20. The fourth-order valence-electron chi connectivity index (χ4n) is 2.37. The molecule has 0 aromatic heterocycles. The number of anilines is 1. The Bertz CT molecular complexity index is 527. The Balaban J connectivity index is 2.07. The van der Waals surface area contributed by atoms with Crippen molar-refractivity contribution in [2.45, 2.75) is 19.4 Å². The first-order valence-corrected chi connectivity index (χ1v) is 7.74. The predicted octanol–water partition coefficient (Wildman–Crippen LogP) is 1.30. The van der Waals surface area contributed by atoms with Gasteiger partial charge in [0.1, 0.15) is 0 Å². The molecule has 0 saturated carbocycles. The van der Waals surface area contributed by atoms with Crippen LogP contribution in [0.5, 0.6) is 0 Å².